The van der Waals surface area contributed by atoms with Gasteiger partial charge >= 0.3 is 0 Å². The van der Waals surface area contributed by atoms with Crippen LogP contribution in [0.25, 0.3) is 0 Å². The molecule has 9 nitrogen and oxygen atoms in total. The summed E-state index contributed by atoms with van der Waals surface area (Å²) in [5.74, 6) is 0. The quantitative estimate of drug-likeness (QED) is 0.458. The van der Waals surface area contributed by atoms with Crippen LogP contribution in [-0.4, -0.2) is 53.7 Å². The van der Waals surface area contributed by atoms with Crippen molar-refractivity contribution in [3.63, 3.8) is 0 Å². The summed E-state index contributed by atoms with van der Waals surface area (Å²) in [4.78, 5) is 10.6. The SMILES string of the molecule is CNS(=O)(=O)c1ccc(NCC2(COC)CCNCC2)c([N+](=O)[O-])c1. The molecule has 10 heteroatoms. The van der Waals surface area contributed by atoms with Crippen molar-refractivity contribution >= 4 is 21.4 Å². The summed E-state index contributed by atoms with van der Waals surface area (Å²) in [5.41, 5.74) is -0.0734. The van der Waals surface area contributed by atoms with Gasteiger partial charge in [-0.15, -0.1) is 0 Å². The van der Waals surface area contributed by atoms with Crippen molar-refractivity contribution in [3.05, 3.63) is 28.3 Å². The van der Waals surface area contributed by atoms with E-state index in [0.717, 1.165) is 32.0 Å². The van der Waals surface area contributed by atoms with Crippen molar-refractivity contribution in [1.82, 2.24) is 10.0 Å². The van der Waals surface area contributed by atoms with E-state index in [-0.39, 0.29) is 16.0 Å². The van der Waals surface area contributed by atoms with Crippen LogP contribution in [0.4, 0.5) is 11.4 Å². The Morgan fingerprint density at radius 3 is 2.60 bits per heavy atom. The average molecular weight is 372 g/mol. The number of nitro benzene ring substituents is 1. The van der Waals surface area contributed by atoms with Crippen LogP contribution in [0.15, 0.2) is 23.1 Å². The first-order chi connectivity index (χ1) is 11.8. The number of nitrogens with one attached hydrogen (secondary N) is 3. The minimum absolute atomic E-state index is 0.108. The molecule has 0 aliphatic carbocycles. The predicted molar refractivity (Wildman–Crippen MR) is 94.2 cm³/mol. The Kier molecular flexibility index (Phi) is 6.33. The number of rotatable bonds is 8. The van der Waals surface area contributed by atoms with E-state index in [4.69, 9.17) is 4.74 Å². The van der Waals surface area contributed by atoms with Crippen LogP contribution < -0.4 is 15.4 Å². The van der Waals surface area contributed by atoms with Gasteiger partial charge in [0.05, 0.1) is 16.4 Å². The highest BCUT2D eigenvalue weighted by atomic mass is 32.2. The van der Waals surface area contributed by atoms with Crippen molar-refractivity contribution < 1.29 is 18.1 Å². The van der Waals surface area contributed by atoms with Crippen LogP contribution >= 0.6 is 0 Å². The summed E-state index contributed by atoms with van der Waals surface area (Å²) < 4.78 is 31.2. The molecule has 1 saturated heterocycles. The van der Waals surface area contributed by atoms with Crippen LogP contribution in [-0.2, 0) is 14.8 Å². The third kappa shape index (κ3) is 4.66. The highest BCUT2D eigenvalue weighted by molar-refractivity contribution is 7.89. The maximum atomic E-state index is 11.9. The maximum absolute atomic E-state index is 11.9. The largest absolute Gasteiger partial charge is 0.384 e. The number of methoxy groups -OCH3 is 1. The standard InChI is InChI=1S/C15H24N4O5S/c1-16-25(22,23)12-3-4-13(14(9-12)19(20)21)18-10-15(11-24-2)5-7-17-8-6-15/h3-4,9,16-18H,5-8,10-11H2,1-2H3. The van der Waals surface area contributed by atoms with Crippen molar-refractivity contribution in [2.24, 2.45) is 5.41 Å². The van der Waals surface area contributed by atoms with Gasteiger partial charge in [0, 0.05) is 25.1 Å². The molecule has 140 valence electrons. The first-order valence-corrected chi connectivity index (χ1v) is 9.47. The third-order valence-corrected chi connectivity index (χ3v) is 5.93. The lowest BCUT2D eigenvalue weighted by molar-refractivity contribution is -0.384. The second-order valence-electron chi connectivity index (χ2n) is 6.18. The molecule has 0 bridgehead atoms. The monoisotopic (exact) mass is 372 g/mol. The number of nitrogens with zero attached hydrogens (tertiary/aromatic N) is 1. The van der Waals surface area contributed by atoms with E-state index >= 15 is 0 Å². The number of nitro groups is 1. The van der Waals surface area contributed by atoms with Gasteiger partial charge in [0.2, 0.25) is 10.0 Å². The van der Waals surface area contributed by atoms with Crippen LogP contribution in [0, 0.1) is 15.5 Å². The lowest BCUT2D eigenvalue weighted by Crippen LogP contribution is -2.44. The minimum atomic E-state index is -3.74. The summed E-state index contributed by atoms with van der Waals surface area (Å²) >= 11 is 0. The highest BCUT2D eigenvalue weighted by Gasteiger charge is 2.32. The average Bonchev–Trinajstić information content (AvgIpc) is 2.61. The summed E-state index contributed by atoms with van der Waals surface area (Å²) in [6.45, 7) is 2.81. The van der Waals surface area contributed by atoms with Crippen molar-refractivity contribution in [1.29, 1.82) is 0 Å². The second kappa shape index (κ2) is 8.09. The Labute approximate surface area is 147 Å². The number of ether oxygens (including phenoxy) is 1. The highest BCUT2D eigenvalue weighted by Crippen LogP contribution is 2.32. The summed E-state index contributed by atoms with van der Waals surface area (Å²) in [7, 11) is -0.832. The lowest BCUT2D eigenvalue weighted by Gasteiger charge is -2.37. The zero-order valence-electron chi connectivity index (χ0n) is 14.4. The normalized spacial score (nSPS) is 17.2. The fourth-order valence-corrected chi connectivity index (χ4v) is 3.76. The molecule has 0 unspecified atom stereocenters. The van der Waals surface area contributed by atoms with E-state index in [9.17, 15) is 18.5 Å². The van der Waals surface area contributed by atoms with Crippen molar-refractivity contribution in [2.75, 3.05) is 45.7 Å². The maximum Gasteiger partial charge on any atom is 0.293 e. The van der Waals surface area contributed by atoms with E-state index in [1.54, 1.807) is 7.11 Å². The molecule has 2 rings (SSSR count). The molecule has 0 radical (unpaired) electrons. The molecule has 3 N–H and O–H groups in total. The van der Waals surface area contributed by atoms with Gasteiger partial charge in [-0.1, -0.05) is 0 Å². The lowest BCUT2D eigenvalue weighted by atomic mass is 9.79. The molecule has 0 atom stereocenters. The summed E-state index contributed by atoms with van der Waals surface area (Å²) in [5, 5.41) is 17.8. The van der Waals surface area contributed by atoms with E-state index in [1.807, 2.05) is 0 Å². The van der Waals surface area contributed by atoms with E-state index in [2.05, 4.69) is 15.4 Å². The van der Waals surface area contributed by atoms with Crippen LogP contribution in [0.2, 0.25) is 0 Å². The van der Waals surface area contributed by atoms with Gasteiger partial charge in [0.1, 0.15) is 5.69 Å². The Bertz CT molecular complexity index is 711. The zero-order chi connectivity index (χ0) is 18.5. The molecule has 1 heterocycles. The minimum Gasteiger partial charge on any atom is -0.384 e. The van der Waals surface area contributed by atoms with Gasteiger partial charge in [-0.05, 0) is 45.1 Å². The third-order valence-electron chi connectivity index (χ3n) is 4.51. The Morgan fingerprint density at radius 2 is 2.04 bits per heavy atom. The van der Waals surface area contributed by atoms with Gasteiger partial charge in [0.15, 0.2) is 0 Å². The first kappa shape index (κ1) is 19.6. The number of benzene rings is 1. The molecule has 1 aliphatic rings. The van der Waals surface area contributed by atoms with E-state index in [1.165, 1.54) is 19.2 Å². The molecule has 0 spiro atoms. The number of sulfonamides is 1. The fourth-order valence-electron chi connectivity index (χ4n) is 3.02. The topological polar surface area (TPSA) is 123 Å². The van der Waals surface area contributed by atoms with Crippen LogP contribution in [0.5, 0.6) is 0 Å². The Balaban J connectivity index is 2.25. The summed E-state index contributed by atoms with van der Waals surface area (Å²) in [6.07, 6.45) is 1.79. The molecule has 25 heavy (non-hydrogen) atoms. The van der Waals surface area contributed by atoms with Crippen LogP contribution in [0.3, 0.4) is 0 Å². The van der Waals surface area contributed by atoms with Gasteiger partial charge in [-0.25, -0.2) is 13.1 Å². The molecular formula is C15H24N4O5S. The van der Waals surface area contributed by atoms with Crippen LogP contribution in [0.1, 0.15) is 12.8 Å². The second-order valence-corrected chi connectivity index (χ2v) is 8.07. The van der Waals surface area contributed by atoms with Gasteiger partial charge in [-0.3, -0.25) is 10.1 Å². The molecule has 0 saturated carbocycles. The Hall–Kier alpha value is -1.75. The van der Waals surface area contributed by atoms with Crippen molar-refractivity contribution in [2.45, 2.75) is 17.7 Å². The molecular weight excluding hydrogens is 348 g/mol. The van der Waals surface area contributed by atoms with E-state index in [0.29, 0.717) is 18.8 Å². The van der Waals surface area contributed by atoms with Gasteiger partial charge < -0.3 is 15.4 Å². The summed E-state index contributed by atoms with van der Waals surface area (Å²) in [6, 6.07) is 3.86. The van der Waals surface area contributed by atoms with E-state index < -0.39 is 14.9 Å². The molecule has 0 aromatic heterocycles. The Morgan fingerprint density at radius 1 is 1.36 bits per heavy atom. The molecule has 1 fully saturated rings. The van der Waals surface area contributed by atoms with Crippen molar-refractivity contribution in [3.8, 4) is 0 Å². The number of anilines is 1. The zero-order valence-corrected chi connectivity index (χ0v) is 15.2. The number of hydrogen-bond acceptors (Lipinski definition) is 7. The predicted octanol–water partition coefficient (Wildman–Crippen LogP) is 0.931. The molecule has 1 aromatic rings. The fraction of sp³-hybridized carbons (Fsp3) is 0.600. The smallest absolute Gasteiger partial charge is 0.293 e. The molecule has 0 amide bonds. The van der Waals surface area contributed by atoms with Gasteiger partial charge in [-0.2, -0.15) is 0 Å². The van der Waals surface area contributed by atoms with Gasteiger partial charge in [0.25, 0.3) is 5.69 Å². The molecule has 1 aromatic carbocycles. The number of piperidine rings is 1. The molecule has 1 aliphatic heterocycles. The number of hydrogen-bond donors (Lipinski definition) is 3. The first-order valence-electron chi connectivity index (χ1n) is 7.99.